The Kier molecular flexibility index (Phi) is 6.55. The first-order valence-electron chi connectivity index (χ1n) is 10.0. The van der Waals surface area contributed by atoms with Gasteiger partial charge in [0.25, 0.3) is 15.9 Å². The lowest BCUT2D eigenvalue weighted by Gasteiger charge is -2.13. The molecule has 10 nitrogen and oxygen atoms in total. The molecule has 0 spiro atoms. The summed E-state index contributed by atoms with van der Waals surface area (Å²) in [6.45, 7) is 1.60. The molecule has 0 unspecified atom stereocenters. The highest BCUT2D eigenvalue weighted by atomic mass is 32.2. The summed E-state index contributed by atoms with van der Waals surface area (Å²) in [4.78, 5) is 20.5. The molecule has 0 bridgehead atoms. The summed E-state index contributed by atoms with van der Waals surface area (Å²) in [5.74, 6) is -0.307. The molecular weight excluding hydrogens is 460 g/mol. The molecule has 34 heavy (non-hydrogen) atoms. The highest BCUT2D eigenvalue weighted by Crippen LogP contribution is 2.27. The number of rotatable bonds is 8. The number of anilines is 1. The first kappa shape index (κ1) is 22.9. The Bertz CT molecular complexity index is 1400. The van der Waals surface area contributed by atoms with E-state index in [2.05, 4.69) is 19.8 Å². The van der Waals surface area contributed by atoms with E-state index in [0.29, 0.717) is 17.1 Å². The number of carbonyl (C=O) groups excluding carboxylic acids is 1. The van der Waals surface area contributed by atoms with Crippen molar-refractivity contribution < 1.29 is 27.2 Å². The Morgan fingerprint density at radius 1 is 1.12 bits per heavy atom. The van der Waals surface area contributed by atoms with Crippen molar-refractivity contribution in [2.45, 2.75) is 18.4 Å². The summed E-state index contributed by atoms with van der Waals surface area (Å²) in [5.41, 5.74) is 2.02. The standard InChI is InChI=1S/C23H20N4O6S/c1-15-5-8-18(9-6-15)27-34(29,30)20-12-16(7-10-19(20)31-2)23(28)32-14-21-25-22(26-33-21)17-4-3-11-24-13-17/h3-13,27H,14H2,1-2H3. The fourth-order valence-corrected chi connectivity index (χ4v) is 4.24. The predicted molar refractivity (Wildman–Crippen MR) is 122 cm³/mol. The van der Waals surface area contributed by atoms with Gasteiger partial charge in [0, 0.05) is 23.6 Å². The molecule has 11 heteroatoms. The maximum Gasteiger partial charge on any atom is 0.338 e. The number of nitrogens with zero attached hydrogens (tertiary/aromatic N) is 3. The number of hydrogen-bond donors (Lipinski definition) is 1. The van der Waals surface area contributed by atoms with Crippen molar-refractivity contribution in [3.8, 4) is 17.1 Å². The van der Waals surface area contributed by atoms with Gasteiger partial charge < -0.3 is 14.0 Å². The summed E-state index contributed by atoms with van der Waals surface area (Å²) in [6, 6.07) is 14.3. The van der Waals surface area contributed by atoms with Gasteiger partial charge in [-0.1, -0.05) is 22.9 Å². The van der Waals surface area contributed by atoms with Crippen molar-refractivity contribution in [1.82, 2.24) is 15.1 Å². The third kappa shape index (κ3) is 5.21. The Hall–Kier alpha value is -4.25. The van der Waals surface area contributed by atoms with E-state index in [1.807, 2.05) is 6.92 Å². The smallest absolute Gasteiger partial charge is 0.338 e. The van der Waals surface area contributed by atoms with Crippen LogP contribution in [0.1, 0.15) is 21.8 Å². The average Bonchev–Trinajstić information content (AvgIpc) is 3.33. The fourth-order valence-electron chi connectivity index (χ4n) is 2.98. The zero-order valence-corrected chi connectivity index (χ0v) is 19.1. The second-order valence-corrected chi connectivity index (χ2v) is 8.82. The van der Waals surface area contributed by atoms with Crippen molar-refractivity contribution in [3.05, 3.63) is 84.0 Å². The summed E-state index contributed by atoms with van der Waals surface area (Å²) in [7, 11) is -2.71. The molecule has 0 aliphatic rings. The number of nitrogens with one attached hydrogen (secondary N) is 1. The van der Waals surface area contributed by atoms with E-state index in [0.717, 1.165) is 5.56 Å². The van der Waals surface area contributed by atoms with Crippen molar-refractivity contribution >= 4 is 21.7 Å². The van der Waals surface area contributed by atoms with E-state index >= 15 is 0 Å². The van der Waals surface area contributed by atoms with Crippen LogP contribution in [0.3, 0.4) is 0 Å². The van der Waals surface area contributed by atoms with E-state index in [4.69, 9.17) is 14.0 Å². The lowest BCUT2D eigenvalue weighted by molar-refractivity contribution is 0.0429. The number of sulfonamides is 1. The van der Waals surface area contributed by atoms with Crippen LogP contribution in [0.15, 0.2) is 76.4 Å². The van der Waals surface area contributed by atoms with Crippen LogP contribution < -0.4 is 9.46 Å². The molecule has 2 heterocycles. The normalized spacial score (nSPS) is 11.1. The second kappa shape index (κ2) is 9.71. The molecule has 0 fully saturated rings. The molecule has 174 valence electrons. The fraction of sp³-hybridized carbons (Fsp3) is 0.130. The molecule has 0 aliphatic carbocycles. The van der Waals surface area contributed by atoms with Crippen LogP contribution in [0.5, 0.6) is 5.75 Å². The van der Waals surface area contributed by atoms with Gasteiger partial charge in [-0.2, -0.15) is 4.98 Å². The Labute approximate surface area is 195 Å². The molecule has 0 radical (unpaired) electrons. The number of carbonyl (C=O) groups is 1. The minimum Gasteiger partial charge on any atom is -0.495 e. The van der Waals surface area contributed by atoms with Crippen molar-refractivity contribution in [2.75, 3.05) is 11.8 Å². The molecular formula is C23H20N4O6S. The number of benzene rings is 2. The summed E-state index contributed by atoms with van der Waals surface area (Å²) >= 11 is 0. The third-order valence-corrected chi connectivity index (χ3v) is 6.11. The maximum atomic E-state index is 13.0. The largest absolute Gasteiger partial charge is 0.495 e. The first-order chi connectivity index (χ1) is 16.4. The molecule has 2 aromatic heterocycles. The van der Waals surface area contributed by atoms with E-state index in [1.165, 1.54) is 25.3 Å². The highest BCUT2D eigenvalue weighted by Gasteiger charge is 2.23. The van der Waals surface area contributed by atoms with Gasteiger partial charge in [-0.15, -0.1) is 0 Å². The van der Waals surface area contributed by atoms with Crippen LogP contribution in [0.4, 0.5) is 5.69 Å². The number of ether oxygens (including phenoxy) is 2. The number of aromatic nitrogens is 3. The number of methoxy groups -OCH3 is 1. The summed E-state index contributed by atoms with van der Waals surface area (Å²) in [5, 5.41) is 3.83. The monoisotopic (exact) mass is 480 g/mol. The second-order valence-electron chi connectivity index (χ2n) is 7.17. The molecule has 0 atom stereocenters. The maximum absolute atomic E-state index is 13.0. The molecule has 2 aromatic carbocycles. The summed E-state index contributed by atoms with van der Waals surface area (Å²) in [6.07, 6.45) is 3.19. The Morgan fingerprint density at radius 3 is 2.62 bits per heavy atom. The zero-order valence-electron chi connectivity index (χ0n) is 18.3. The third-order valence-electron chi connectivity index (χ3n) is 4.71. The molecule has 0 saturated heterocycles. The van der Waals surface area contributed by atoms with Crippen LogP contribution in [0.2, 0.25) is 0 Å². The average molecular weight is 481 g/mol. The lowest BCUT2D eigenvalue weighted by Crippen LogP contribution is -2.15. The van der Waals surface area contributed by atoms with Gasteiger partial charge in [0.05, 0.1) is 12.7 Å². The number of hydrogen-bond acceptors (Lipinski definition) is 9. The van der Waals surface area contributed by atoms with Gasteiger partial charge in [-0.25, -0.2) is 13.2 Å². The van der Waals surface area contributed by atoms with Crippen LogP contribution in [-0.2, 0) is 21.4 Å². The van der Waals surface area contributed by atoms with Crippen LogP contribution in [-0.4, -0.2) is 36.6 Å². The zero-order chi connectivity index (χ0) is 24.1. The number of esters is 1. The first-order valence-corrected chi connectivity index (χ1v) is 11.5. The SMILES string of the molecule is COc1ccc(C(=O)OCc2nc(-c3cccnc3)no2)cc1S(=O)(=O)Nc1ccc(C)cc1. The van der Waals surface area contributed by atoms with E-state index in [-0.39, 0.29) is 28.7 Å². The van der Waals surface area contributed by atoms with E-state index in [9.17, 15) is 13.2 Å². The summed E-state index contributed by atoms with van der Waals surface area (Å²) < 4.78 is 44.0. The van der Waals surface area contributed by atoms with E-state index in [1.54, 1.807) is 48.8 Å². The molecule has 4 aromatic rings. The van der Waals surface area contributed by atoms with Crippen molar-refractivity contribution in [2.24, 2.45) is 0 Å². The number of pyridine rings is 1. The van der Waals surface area contributed by atoms with Crippen molar-refractivity contribution in [3.63, 3.8) is 0 Å². The molecule has 0 amide bonds. The van der Waals surface area contributed by atoms with Gasteiger partial charge in [-0.3, -0.25) is 9.71 Å². The predicted octanol–water partition coefficient (Wildman–Crippen LogP) is 3.61. The molecule has 0 aliphatic heterocycles. The van der Waals surface area contributed by atoms with Gasteiger partial charge in [0.15, 0.2) is 6.61 Å². The van der Waals surface area contributed by atoms with Gasteiger partial charge >= 0.3 is 5.97 Å². The minimum atomic E-state index is -4.05. The molecule has 4 rings (SSSR count). The minimum absolute atomic E-state index is 0.0112. The van der Waals surface area contributed by atoms with Crippen molar-refractivity contribution in [1.29, 1.82) is 0 Å². The quantitative estimate of drug-likeness (QED) is 0.375. The topological polar surface area (TPSA) is 134 Å². The Morgan fingerprint density at radius 2 is 1.91 bits per heavy atom. The van der Waals surface area contributed by atoms with Gasteiger partial charge in [-0.05, 0) is 49.4 Å². The van der Waals surface area contributed by atoms with Crippen LogP contribution in [0, 0.1) is 6.92 Å². The van der Waals surface area contributed by atoms with E-state index < -0.39 is 16.0 Å². The van der Waals surface area contributed by atoms with Gasteiger partial charge in [0.1, 0.15) is 10.6 Å². The molecule has 1 N–H and O–H groups in total. The van der Waals surface area contributed by atoms with Crippen LogP contribution in [0.25, 0.3) is 11.4 Å². The molecule has 0 saturated carbocycles. The Balaban J connectivity index is 1.50. The highest BCUT2D eigenvalue weighted by molar-refractivity contribution is 7.92. The lowest BCUT2D eigenvalue weighted by atomic mass is 10.2. The number of aryl methyl sites for hydroxylation is 1. The van der Waals surface area contributed by atoms with Gasteiger partial charge in [0.2, 0.25) is 5.82 Å². The van der Waals surface area contributed by atoms with Crippen LogP contribution >= 0.6 is 0 Å².